The smallest absolute Gasteiger partial charge is 0.137 e. The van der Waals surface area contributed by atoms with Gasteiger partial charge in [0.1, 0.15) is 11.6 Å². The molecule has 2 nitrogen and oxygen atoms in total. The van der Waals surface area contributed by atoms with Crippen LogP contribution in [0.15, 0.2) is 0 Å². The highest BCUT2D eigenvalue weighted by Gasteiger charge is 2.22. The molecule has 55 valence electrons. The van der Waals surface area contributed by atoms with E-state index in [4.69, 9.17) is 0 Å². The van der Waals surface area contributed by atoms with Crippen molar-refractivity contribution in [3.8, 4) is 0 Å². The lowest BCUT2D eigenvalue weighted by Crippen LogP contribution is -2.20. The first-order valence-electron chi connectivity index (χ1n) is 3.56. The Bertz CT molecular complexity index is 159. The van der Waals surface area contributed by atoms with Gasteiger partial charge in [-0.3, -0.25) is 9.59 Å². The van der Waals surface area contributed by atoms with Gasteiger partial charge in [-0.15, -0.1) is 0 Å². The molecule has 0 aromatic rings. The van der Waals surface area contributed by atoms with Crippen LogP contribution < -0.4 is 0 Å². The topological polar surface area (TPSA) is 34.1 Å². The van der Waals surface area contributed by atoms with Crippen molar-refractivity contribution in [2.24, 2.45) is 5.92 Å². The third-order valence-corrected chi connectivity index (χ3v) is 1.91. The van der Waals surface area contributed by atoms with E-state index in [1.165, 1.54) is 0 Å². The van der Waals surface area contributed by atoms with Gasteiger partial charge in [-0.05, 0) is 19.8 Å². The summed E-state index contributed by atoms with van der Waals surface area (Å²) in [4.78, 5) is 21.5. The van der Waals surface area contributed by atoms with Crippen molar-refractivity contribution < 1.29 is 9.59 Å². The van der Waals surface area contributed by atoms with Gasteiger partial charge in [-0.2, -0.15) is 0 Å². The second-order valence-electron chi connectivity index (χ2n) is 2.76. The molecule has 1 atom stereocenters. The van der Waals surface area contributed by atoms with Gasteiger partial charge in [-0.1, -0.05) is 0 Å². The summed E-state index contributed by atoms with van der Waals surface area (Å²) in [6, 6.07) is 0. The normalized spacial score (nSPS) is 26.5. The van der Waals surface area contributed by atoms with Crippen LogP contribution in [0.25, 0.3) is 0 Å². The van der Waals surface area contributed by atoms with Crippen LogP contribution in [0.2, 0.25) is 0 Å². The zero-order valence-corrected chi connectivity index (χ0v) is 6.09. The Hall–Kier alpha value is -0.660. The van der Waals surface area contributed by atoms with E-state index < -0.39 is 0 Å². The quantitative estimate of drug-likeness (QED) is 0.546. The monoisotopic (exact) mass is 139 g/mol. The molecule has 0 aliphatic heterocycles. The minimum atomic E-state index is 0.0116. The Kier molecular flexibility index (Phi) is 2.20. The number of ketones is 2. The van der Waals surface area contributed by atoms with Crippen LogP contribution in [-0.4, -0.2) is 11.6 Å². The van der Waals surface area contributed by atoms with Crippen molar-refractivity contribution in [2.45, 2.75) is 26.2 Å². The van der Waals surface area contributed by atoms with E-state index in [9.17, 15) is 9.59 Å². The average molecular weight is 139 g/mol. The fraction of sp³-hybridized carbons (Fsp3) is 0.625. The molecule has 0 N–H and O–H groups in total. The molecule has 0 spiro atoms. The molecule has 0 saturated heterocycles. The minimum Gasteiger partial charge on any atom is -0.300 e. The maximum atomic E-state index is 10.8. The molecule has 1 aliphatic carbocycles. The Morgan fingerprint density at radius 2 is 2.40 bits per heavy atom. The van der Waals surface area contributed by atoms with Gasteiger partial charge in [0, 0.05) is 18.8 Å². The summed E-state index contributed by atoms with van der Waals surface area (Å²) in [7, 11) is 0. The van der Waals surface area contributed by atoms with Crippen molar-refractivity contribution in [3.63, 3.8) is 0 Å². The van der Waals surface area contributed by atoms with E-state index in [1.807, 2.05) is 0 Å². The van der Waals surface area contributed by atoms with Gasteiger partial charge in [0.15, 0.2) is 0 Å². The lowest BCUT2D eigenvalue weighted by atomic mass is 9.86. The van der Waals surface area contributed by atoms with E-state index in [2.05, 4.69) is 0 Å². The van der Waals surface area contributed by atoms with Crippen LogP contribution in [0.3, 0.4) is 0 Å². The van der Waals surface area contributed by atoms with Crippen LogP contribution in [0.5, 0.6) is 0 Å². The summed E-state index contributed by atoms with van der Waals surface area (Å²) < 4.78 is 0. The average Bonchev–Trinajstić information content (AvgIpc) is 1.88. The van der Waals surface area contributed by atoms with Crippen molar-refractivity contribution in [2.75, 3.05) is 0 Å². The van der Waals surface area contributed by atoms with Crippen LogP contribution in [0.1, 0.15) is 26.2 Å². The van der Waals surface area contributed by atoms with Crippen LogP contribution in [0.4, 0.5) is 0 Å². The van der Waals surface area contributed by atoms with E-state index in [-0.39, 0.29) is 17.5 Å². The highest BCUT2D eigenvalue weighted by atomic mass is 16.1. The molecule has 0 heterocycles. The molecular formula is C8H11O2. The highest BCUT2D eigenvalue weighted by molar-refractivity contribution is 5.92. The number of hydrogen-bond donors (Lipinski definition) is 0. The standard InChI is InChI=1S/C8H11O2/c1-6(9)7-3-2-4-8(10)5-7/h4,7H,2-3,5H2,1H3. The van der Waals surface area contributed by atoms with Gasteiger partial charge in [0.2, 0.25) is 0 Å². The van der Waals surface area contributed by atoms with E-state index in [1.54, 1.807) is 13.3 Å². The Morgan fingerprint density at radius 3 is 2.80 bits per heavy atom. The number of Topliss-reactive ketones (excluding diaryl/α,β-unsaturated/α-hetero) is 2. The predicted octanol–water partition coefficient (Wildman–Crippen LogP) is 1.15. The molecule has 1 saturated carbocycles. The molecule has 1 fully saturated rings. The summed E-state index contributed by atoms with van der Waals surface area (Å²) in [6.07, 6.45) is 3.76. The molecule has 1 unspecified atom stereocenters. The first-order chi connectivity index (χ1) is 4.70. The minimum absolute atomic E-state index is 0.0116. The summed E-state index contributed by atoms with van der Waals surface area (Å²) in [5, 5.41) is 0. The van der Waals surface area contributed by atoms with Crippen molar-refractivity contribution >= 4 is 11.6 Å². The molecule has 1 rings (SSSR count). The highest BCUT2D eigenvalue weighted by Crippen LogP contribution is 2.20. The van der Waals surface area contributed by atoms with E-state index in [0.717, 1.165) is 12.8 Å². The molecule has 0 aromatic heterocycles. The largest absolute Gasteiger partial charge is 0.300 e. The maximum Gasteiger partial charge on any atom is 0.137 e. The Morgan fingerprint density at radius 1 is 1.70 bits per heavy atom. The third kappa shape index (κ3) is 1.66. The zero-order chi connectivity index (χ0) is 7.56. The summed E-state index contributed by atoms with van der Waals surface area (Å²) in [5.74, 6) is 0.297. The molecular weight excluding hydrogens is 128 g/mol. The van der Waals surface area contributed by atoms with Gasteiger partial charge >= 0.3 is 0 Å². The van der Waals surface area contributed by atoms with Gasteiger partial charge < -0.3 is 0 Å². The first kappa shape index (κ1) is 7.45. The maximum absolute atomic E-state index is 10.8. The second-order valence-corrected chi connectivity index (χ2v) is 2.76. The number of rotatable bonds is 1. The van der Waals surface area contributed by atoms with Crippen LogP contribution >= 0.6 is 0 Å². The van der Waals surface area contributed by atoms with Crippen LogP contribution in [0, 0.1) is 12.3 Å². The van der Waals surface area contributed by atoms with Crippen molar-refractivity contribution in [1.29, 1.82) is 0 Å². The third-order valence-electron chi connectivity index (χ3n) is 1.91. The molecule has 10 heavy (non-hydrogen) atoms. The molecule has 0 bridgehead atoms. The number of hydrogen-bond acceptors (Lipinski definition) is 2. The predicted molar refractivity (Wildman–Crippen MR) is 37.3 cm³/mol. The molecule has 2 heteroatoms. The van der Waals surface area contributed by atoms with Gasteiger partial charge in [0.05, 0.1) is 0 Å². The Balaban J connectivity index is 2.47. The van der Waals surface area contributed by atoms with Crippen molar-refractivity contribution in [1.82, 2.24) is 0 Å². The molecule has 0 amide bonds. The first-order valence-corrected chi connectivity index (χ1v) is 3.56. The van der Waals surface area contributed by atoms with Gasteiger partial charge in [0.25, 0.3) is 0 Å². The zero-order valence-electron chi connectivity index (χ0n) is 6.09. The van der Waals surface area contributed by atoms with Gasteiger partial charge in [-0.25, -0.2) is 0 Å². The summed E-state index contributed by atoms with van der Waals surface area (Å²) >= 11 is 0. The molecule has 1 aliphatic rings. The van der Waals surface area contributed by atoms with Crippen LogP contribution in [-0.2, 0) is 9.59 Å². The second kappa shape index (κ2) is 2.95. The fourth-order valence-corrected chi connectivity index (χ4v) is 1.22. The van der Waals surface area contributed by atoms with Crippen molar-refractivity contribution in [3.05, 3.63) is 6.42 Å². The fourth-order valence-electron chi connectivity index (χ4n) is 1.22. The lowest BCUT2D eigenvalue weighted by Gasteiger charge is -2.16. The summed E-state index contributed by atoms with van der Waals surface area (Å²) in [5.41, 5.74) is 0. The number of carbonyl (C=O) groups is 2. The van der Waals surface area contributed by atoms with E-state index in [0.29, 0.717) is 6.42 Å². The lowest BCUT2D eigenvalue weighted by molar-refractivity contribution is -0.126. The number of carbonyl (C=O) groups excluding carboxylic acids is 2. The molecule has 0 aromatic carbocycles. The molecule has 1 radical (unpaired) electrons. The Labute approximate surface area is 60.6 Å². The van der Waals surface area contributed by atoms with E-state index >= 15 is 0 Å². The SMILES string of the molecule is CC(=O)C1CC[CH]C(=O)C1. The summed E-state index contributed by atoms with van der Waals surface area (Å²) in [6.45, 7) is 1.56.